The standard InChI is InChI=1S/C10H16N2O2/c1-8-6-10(14-11-8)7-12-4-2-9(13)3-5-12/h6,9,13H,2-5,7H2,1H3. The Labute approximate surface area is 83.5 Å². The average Bonchev–Trinajstić information content (AvgIpc) is 2.56. The number of piperidine rings is 1. The van der Waals surface area contributed by atoms with Crippen molar-refractivity contribution in [1.29, 1.82) is 0 Å². The van der Waals surface area contributed by atoms with Crippen molar-refractivity contribution in [1.82, 2.24) is 10.1 Å². The van der Waals surface area contributed by atoms with E-state index >= 15 is 0 Å². The fraction of sp³-hybridized carbons (Fsp3) is 0.700. The first kappa shape index (κ1) is 9.68. The van der Waals surface area contributed by atoms with Crippen molar-refractivity contribution in [3.63, 3.8) is 0 Å². The zero-order valence-corrected chi connectivity index (χ0v) is 8.44. The van der Waals surface area contributed by atoms with E-state index in [9.17, 15) is 5.11 Å². The molecule has 1 N–H and O–H groups in total. The number of hydrogen-bond acceptors (Lipinski definition) is 4. The van der Waals surface area contributed by atoms with Gasteiger partial charge in [0.1, 0.15) is 0 Å². The van der Waals surface area contributed by atoms with Gasteiger partial charge in [0.15, 0.2) is 5.76 Å². The van der Waals surface area contributed by atoms with Crippen LogP contribution < -0.4 is 0 Å². The molecule has 14 heavy (non-hydrogen) atoms. The van der Waals surface area contributed by atoms with E-state index in [1.54, 1.807) is 0 Å². The number of hydrogen-bond donors (Lipinski definition) is 1. The number of aromatic nitrogens is 1. The van der Waals surface area contributed by atoms with Crippen molar-refractivity contribution in [2.75, 3.05) is 13.1 Å². The molecule has 0 amide bonds. The summed E-state index contributed by atoms with van der Waals surface area (Å²) < 4.78 is 5.14. The molecular weight excluding hydrogens is 180 g/mol. The van der Waals surface area contributed by atoms with Gasteiger partial charge in [-0.3, -0.25) is 4.90 Å². The molecule has 4 nitrogen and oxygen atoms in total. The Kier molecular flexibility index (Phi) is 2.84. The lowest BCUT2D eigenvalue weighted by molar-refractivity contribution is 0.0749. The lowest BCUT2D eigenvalue weighted by Gasteiger charge is -2.28. The van der Waals surface area contributed by atoms with Gasteiger partial charge in [0, 0.05) is 19.2 Å². The summed E-state index contributed by atoms with van der Waals surface area (Å²) in [4.78, 5) is 2.28. The molecule has 0 spiro atoms. The maximum absolute atomic E-state index is 9.33. The van der Waals surface area contributed by atoms with Gasteiger partial charge in [-0.05, 0) is 19.8 Å². The maximum Gasteiger partial charge on any atom is 0.150 e. The first-order valence-electron chi connectivity index (χ1n) is 5.06. The highest BCUT2D eigenvalue weighted by Gasteiger charge is 2.17. The van der Waals surface area contributed by atoms with Crippen LogP contribution in [0.15, 0.2) is 10.6 Å². The Morgan fingerprint density at radius 2 is 2.29 bits per heavy atom. The van der Waals surface area contributed by atoms with Gasteiger partial charge in [-0.25, -0.2) is 0 Å². The van der Waals surface area contributed by atoms with Crippen LogP contribution in [0.3, 0.4) is 0 Å². The van der Waals surface area contributed by atoms with Crippen molar-refractivity contribution in [3.8, 4) is 0 Å². The van der Waals surface area contributed by atoms with Gasteiger partial charge in [0.05, 0.1) is 18.3 Å². The third-order valence-corrected chi connectivity index (χ3v) is 2.61. The van der Waals surface area contributed by atoms with Crippen LogP contribution in [0, 0.1) is 6.92 Å². The molecule has 0 aliphatic carbocycles. The van der Waals surface area contributed by atoms with Gasteiger partial charge < -0.3 is 9.63 Å². The number of likely N-dealkylation sites (tertiary alicyclic amines) is 1. The topological polar surface area (TPSA) is 49.5 Å². The summed E-state index contributed by atoms with van der Waals surface area (Å²) in [6.07, 6.45) is 1.63. The van der Waals surface area contributed by atoms with Crippen LogP contribution in [0.5, 0.6) is 0 Å². The largest absolute Gasteiger partial charge is 0.393 e. The summed E-state index contributed by atoms with van der Waals surface area (Å²) in [6.45, 7) is 4.63. The van der Waals surface area contributed by atoms with Crippen molar-refractivity contribution in [3.05, 3.63) is 17.5 Å². The van der Waals surface area contributed by atoms with Gasteiger partial charge in [0.25, 0.3) is 0 Å². The molecule has 0 unspecified atom stereocenters. The van der Waals surface area contributed by atoms with E-state index in [0.717, 1.165) is 43.9 Å². The molecule has 2 rings (SSSR count). The van der Waals surface area contributed by atoms with Crippen molar-refractivity contribution in [2.45, 2.75) is 32.4 Å². The zero-order valence-electron chi connectivity index (χ0n) is 8.44. The van der Waals surface area contributed by atoms with E-state index in [2.05, 4.69) is 10.1 Å². The molecule has 1 saturated heterocycles. The fourth-order valence-corrected chi connectivity index (χ4v) is 1.79. The van der Waals surface area contributed by atoms with E-state index in [0.29, 0.717) is 0 Å². The minimum atomic E-state index is -0.109. The average molecular weight is 196 g/mol. The second-order valence-electron chi connectivity index (χ2n) is 3.94. The molecule has 4 heteroatoms. The molecule has 0 atom stereocenters. The molecule has 0 aromatic carbocycles. The fourth-order valence-electron chi connectivity index (χ4n) is 1.79. The molecule has 78 valence electrons. The van der Waals surface area contributed by atoms with Crippen LogP contribution in [0.1, 0.15) is 24.3 Å². The lowest BCUT2D eigenvalue weighted by atomic mass is 10.1. The molecule has 0 bridgehead atoms. The highest BCUT2D eigenvalue weighted by atomic mass is 16.5. The Morgan fingerprint density at radius 1 is 1.57 bits per heavy atom. The maximum atomic E-state index is 9.33. The molecule has 1 aromatic rings. The minimum Gasteiger partial charge on any atom is -0.393 e. The van der Waals surface area contributed by atoms with Crippen molar-refractivity contribution < 1.29 is 9.63 Å². The Bertz CT molecular complexity index is 290. The predicted molar refractivity (Wildman–Crippen MR) is 51.8 cm³/mol. The van der Waals surface area contributed by atoms with Gasteiger partial charge >= 0.3 is 0 Å². The predicted octanol–water partition coefficient (Wildman–Crippen LogP) is 0.940. The van der Waals surface area contributed by atoms with E-state index in [1.807, 2.05) is 13.0 Å². The molecule has 1 aliphatic heterocycles. The van der Waals surface area contributed by atoms with Gasteiger partial charge in [-0.15, -0.1) is 0 Å². The number of aliphatic hydroxyl groups excluding tert-OH is 1. The SMILES string of the molecule is Cc1cc(CN2CCC(O)CC2)on1. The number of nitrogens with zero attached hydrogens (tertiary/aromatic N) is 2. The Morgan fingerprint density at radius 3 is 2.86 bits per heavy atom. The van der Waals surface area contributed by atoms with E-state index in [-0.39, 0.29) is 6.10 Å². The lowest BCUT2D eigenvalue weighted by Crippen LogP contribution is -2.35. The third-order valence-electron chi connectivity index (χ3n) is 2.61. The molecule has 0 saturated carbocycles. The summed E-state index contributed by atoms with van der Waals surface area (Å²) in [5.41, 5.74) is 0.928. The summed E-state index contributed by atoms with van der Waals surface area (Å²) in [5.74, 6) is 0.916. The van der Waals surface area contributed by atoms with Crippen LogP contribution in [0.2, 0.25) is 0 Å². The normalized spacial score (nSPS) is 20.1. The van der Waals surface area contributed by atoms with Crippen molar-refractivity contribution >= 4 is 0 Å². The highest BCUT2D eigenvalue weighted by Crippen LogP contribution is 2.13. The summed E-state index contributed by atoms with van der Waals surface area (Å²) in [7, 11) is 0. The van der Waals surface area contributed by atoms with Crippen LogP contribution in [-0.2, 0) is 6.54 Å². The number of rotatable bonds is 2. The Balaban J connectivity index is 1.86. The van der Waals surface area contributed by atoms with Crippen molar-refractivity contribution in [2.24, 2.45) is 0 Å². The van der Waals surface area contributed by atoms with Gasteiger partial charge in [-0.1, -0.05) is 5.16 Å². The van der Waals surface area contributed by atoms with Crippen LogP contribution in [0.4, 0.5) is 0 Å². The second-order valence-corrected chi connectivity index (χ2v) is 3.94. The monoisotopic (exact) mass is 196 g/mol. The Hall–Kier alpha value is -0.870. The third kappa shape index (κ3) is 2.33. The molecule has 2 heterocycles. The zero-order chi connectivity index (χ0) is 9.97. The van der Waals surface area contributed by atoms with E-state index in [4.69, 9.17) is 4.52 Å². The van der Waals surface area contributed by atoms with Gasteiger partial charge in [-0.2, -0.15) is 0 Å². The highest BCUT2D eigenvalue weighted by molar-refractivity contribution is 5.02. The molecule has 1 fully saturated rings. The summed E-state index contributed by atoms with van der Waals surface area (Å²) in [6, 6.07) is 1.96. The summed E-state index contributed by atoms with van der Waals surface area (Å²) in [5, 5.41) is 13.2. The van der Waals surface area contributed by atoms with Crippen LogP contribution >= 0.6 is 0 Å². The molecule has 1 aliphatic rings. The van der Waals surface area contributed by atoms with Crippen LogP contribution in [-0.4, -0.2) is 34.4 Å². The van der Waals surface area contributed by atoms with Crippen LogP contribution in [0.25, 0.3) is 0 Å². The molecule has 0 radical (unpaired) electrons. The minimum absolute atomic E-state index is 0.109. The quantitative estimate of drug-likeness (QED) is 0.764. The summed E-state index contributed by atoms with van der Waals surface area (Å²) >= 11 is 0. The number of aryl methyl sites for hydroxylation is 1. The first-order valence-corrected chi connectivity index (χ1v) is 5.06. The first-order chi connectivity index (χ1) is 6.74. The van der Waals surface area contributed by atoms with Gasteiger partial charge in [0.2, 0.25) is 0 Å². The number of aliphatic hydroxyl groups is 1. The smallest absolute Gasteiger partial charge is 0.150 e. The second kappa shape index (κ2) is 4.11. The van der Waals surface area contributed by atoms with E-state index < -0.39 is 0 Å². The van der Waals surface area contributed by atoms with E-state index in [1.165, 1.54) is 0 Å². The molecular formula is C10H16N2O2. The molecule has 1 aromatic heterocycles.